The molecule has 0 radical (unpaired) electrons. The fraction of sp³-hybridized carbons (Fsp3) is 0.261. The predicted octanol–water partition coefficient (Wildman–Crippen LogP) is 1.62. The molecule has 2 aromatic rings. The molecular weight excluding hydrogens is 412 g/mol. The molecule has 0 spiro atoms. The van der Waals surface area contributed by atoms with Crippen molar-refractivity contribution < 1.29 is 23.9 Å². The van der Waals surface area contributed by atoms with Crippen LogP contribution in [0.4, 0.5) is 0 Å². The Morgan fingerprint density at radius 1 is 0.906 bits per heavy atom. The molecule has 0 bridgehead atoms. The van der Waals surface area contributed by atoms with Crippen LogP contribution in [0.3, 0.4) is 0 Å². The second-order valence-corrected chi connectivity index (χ2v) is 6.74. The van der Waals surface area contributed by atoms with E-state index in [1.54, 1.807) is 48.5 Å². The summed E-state index contributed by atoms with van der Waals surface area (Å²) in [7, 11) is 2.59. The van der Waals surface area contributed by atoms with E-state index in [1.165, 1.54) is 7.11 Å². The van der Waals surface area contributed by atoms with Crippen molar-refractivity contribution in [2.45, 2.75) is 12.3 Å². The molecule has 0 fully saturated rings. The Morgan fingerprint density at radius 3 is 2.06 bits per heavy atom. The van der Waals surface area contributed by atoms with Gasteiger partial charge in [0.15, 0.2) is 5.92 Å². The highest BCUT2D eigenvalue weighted by Gasteiger charge is 2.40. The van der Waals surface area contributed by atoms with Gasteiger partial charge in [-0.1, -0.05) is 42.5 Å². The maximum absolute atomic E-state index is 12.8. The summed E-state index contributed by atoms with van der Waals surface area (Å²) in [6.45, 7) is 0. The summed E-state index contributed by atoms with van der Waals surface area (Å²) in [5.74, 6) is -5.76. The van der Waals surface area contributed by atoms with E-state index >= 15 is 0 Å². The van der Waals surface area contributed by atoms with Crippen LogP contribution in [0.15, 0.2) is 54.6 Å². The maximum atomic E-state index is 12.8. The van der Waals surface area contributed by atoms with Gasteiger partial charge in [-0.25, -0.2) is 0 Å². The van der Waals surface area contributed by atoms with Gasteiger partial charge in [0.25, 0.3) is 5.91 Å². The lowest BCUT2D eigenvalue weighted by atomic mass is 9.77. The summed E-state index contributed by atoms with van der Waals surface area (Å²) >= 11 is 0. The van der Waals surface area contributed by atoms with Gasteiger partial charge in [-0.05, 0) is 23.3 Å². The van der Waals surface area contributed by atoms with Crippen molar-refractivity contribution in [2.24, 2.45) is 11.8 Å². The molecule has 3 atom stereocenters. The molecule has 0 heterocycles. The Labute approximate surface area is 185 Å². The number of nitrogens with zero attached hydrogens (tertiary/aromatic N) is 2. The topological polar surface area (TPSA) is 141 Å². The van der Waals surface area contributed by atoms with Crippen LogP contribution < -0.4 is 15.6 Å². The molecule has 3 unspecified atom stereocenters. The van der Waals surface area contributed by atoms with Crippen molar-refractivity contribution in [3.63, 3.8) is 0 Å². The monoisotopic (exact) mass is 434 g/mol. The average molecular weight is 434 g/mol. The highest BCUT2D eigenvalue weighted by molar-refractivity contribution is 5.87. The number of carbonyl (C=O) groups is 3. The van der Waals surface area contributed by atoms with Gasteiger partial charge < -0.3 is 9.47 Å². The molecule has 9 nitrogen and oxygen atoms in total. The second-order valence-electron chi connectivity index (χ2n) is 6.74. The number of ether oxygens (including phenoxy) is 2. The van der Waals surface area contributed by atoms with Crippen LogP contribution in [0.1, 0.15) is 17.0 Å². The molecule has 0 aliphatic heterocycles. The zero-order valence-electron chi connectivity index (χ0n) is 17.6. The normalized spacial score (nSPS) is 12.8. The van der Waals surface area contributed by atoms with E-state index < -0.39 is 35.5 Å². The van der Waals surface area contributed by atoms with Gasteiger partial charge in [-0.15, -0.1) is 0 Å². The van der Waals surface area contributed by atoms with E-state index in [4.69, 9.17) is 9.47 Å². The first-order chi connectivity index (χ1) is 15.4. The lowest BCUT2D eigenvalue weighted by Gasteiger charge is -2.25. The molecule has 9 heteroatoms. The van der Waals surface area contributed by atoms with Crippen LogP contribution in [0, 0.1) is 34.5 Å². The van der Waals surface area contributed by atoms with Gasteiger partial charge in [0, 0.05) is 5.92 Å². The molecular formula is C23H22N4O5. The average Bonchev–Trinajstić information content (AvgIpc) is 2.83. The third kappa shape index (κ3) is 6.07. The number of benzene rings is 2. The number of methoxy groups -OCH3 is 2. The minimum Gasteiger partial charge on any atom is -0.497 e. The van der Waals surface area contributed by atoms with Crippen LogP contribution >= 0.6 is 0 Å². The van der Waals surface area contributed by atoms with E-state index in [0.717, 1.165) is 12.7 Å². The highest BCUT2D eigenvalue weighted by atomic mass is 16.5. The molecule has 0 saturated carbocycles. The summed E-state index contributed by atoms with van der Waals surface area (Å²) in [6, 6.07) is 18.8. The number of nitriles is 2. The zero-order valence-corrected chi connectivity index (χ0v) is 17.6. The molecule has 164 valence electrons. The smallest absolute Gasteiger partial charge is 0.323 e. The molecule has 0 aliphatic rings. The van der Waals surface area contributed by atoms with Gasteiger partial charge in [0.1, 0.15) is 11.7 Å². The number of carbonyl (C=O) groups excluding carboxylic acids is 3. The number of amides is 2. The summed E-state index contributed by atoms with van der Waals surface area (Å²) in [6.07, 6.45) is 0.0171. The van der Waals surface area contributed by atoms with Crippen LogP contribution in [0.2, 0.25) is 0 Å². The quantitative estimate of drug-likeness (QED) is 0.475. The summed E-state index contributed by atoms with van der Waals surface area (Å²) in [5.41, 5.74) is 5.60. The van der Waals surface area contributed by atoms with E-state index in [-0.39, 0.29) is 6.42 Å². The van der Waals surface area contributed by atoms with E-state index in [1.807, 2.05) is 18.2 Å². The Hall–Kier alpha value is -4.37. The molecule has 0 saturated heterocycles. The second kappa shape index (κ2) is 11.7. The van der Waals surface area contributed by atoms with Crippen molar-refractivity contribution >= 4 is 17.8 Å². The summed E-state index contributed by atoms with van der Waals surface area (Å²) in [4.78, 5) is 37.1. The van der Waals surface area contributed by atoms with Crippen LogP contribution in [-0.4, -0.2) is 32.0 Å². The number of hydrogen-bond donors (Lipinski definition) is 2. The van der Waals surface area contributed by atoms with E-state index in [2.05, 4.69) is 10.9 Å². The first-order valence-corrected chi connectivity index (χ1v) is 9.58. The molecule has 2 rings (SSSR count). The Morgan fingerprint density at radius 2 is 1.53 bits per heavy atom. The largest absolute Gasteiger partial charge is 0.497 e. The molecule has 32 heavy (non-hydrogen) atoms. The first kappa shape index (κ1) is 23.9. The van der Waals surface area contributed by atoms with Crippen molar-refractivity contribution in [1.82, 2.24) is 10.9 Å². The van der Waals surface area contributed by atoms with Gasteiger partial charge in [-0.2, -0.15) is 10.5 Å². The van der Waals surface area contributed by atoms with Gasteiger partial charge in [0.2, 0.25) is 5.91 Å². The molecule has 2 amide bonds. The minimum atomic E-state index is -1.47. The lowest BCUT2D eigenvalue weighted by Crippen LogP contribution is -2.47. The SMILES string of the molecule is COC(=O)C(C#N)C(c1ccc(OC)cc1)C(C#N)C(=O)NNC(=O)Cc1ccccc1. The third-order valence-corrected chi connectivity index (χ3v) is 4.77. The number of nitrogens with one attached hydrogen (secondary N) is 2. The Balaban J connectivity index is 2.23. The van der Waals surface area contributed by atoms with Crippen molar-refractivity contribution in [2.75, 3.05) is 14.2 Å². The van der Waals surface area contributed by atoms with E-state index in [9.17, 15) is 24.9 Å². The van der Waals surface area contributed by atoms with Crippen molar-refractivity contribution in [3.8, 4) is 17.9 Å². The lowest BCUT2D eigenvalue weighted by molar-refractivity contribution is -0.144. The minimum absolute atomic E-state index is 0.0171. The van der Waals surface area contributed by atoms with Crippen LogP contribution in [0.25, 0.3) is 0 Å². The number of hydrogen-bond acceptors (Lipinski definition) is 7. The maximum Gasteiger partial charge on any atom is 0.323 e. The predicted molar refractivity (Wildman–Crippen MR) is 112 cm³/mol. The Bertz CT molecular complexity index is 1030. The fourth-order valence-corrected chi connectivity index (χ4v) is 3.15. The standard InChI is InChI=1S/C23H22N4O5/c1-31-17-10-8-16(9-11-17)21(19(14-25)23(30)32-2)18(13-24)22(29)27-26-20(28)12-15-6-4-3-5-7-15/h3-11,18-19,21H,12H2,1-2H3,(H,26,28)(H,27,29). The van der Waals surface area contributed by atoms with Gasteiger partial charge in [0.05, 0.1) is 32.8 Å². The van der Waals surface area contributed by atoms with Crippen LogP contribution in [0.5, 0.6) is 5.75 Å². The van der Waals surface area contributed by atoms with E-state index in [0.29, 0.717) is 11.3 Å². The fourth-order valence-electron chi connectivity index (χ4n) is 3.15. The van der Waals surface area contributed by atoms with Crippen molar-refractivity contribution in [1.29, 1.82) is 10.5 Å². The third-order valence-electron chi connectivity index (χ3n) is 4.77. The summed E-state index contributed by atoms with van der Waals surface area (Å²) < 4.78 is 9.80. The molecule has 0 aliphatic carbocycles. The zero-order chi connectivity index (χ0) is 23.5. The Kier molecular flexibility index (Phi) is 8.76. The van der Waals surface area contributed by atoms with Crippen molar-refractivity contribution in [3.05, 3.63) is 65.7 Å². The summed E-state index contributed by atoms with van der Waals surface area (Å²) in [5, 5.41) is 19.3. The number of hydrazine groups is 1. The molecule has 2 aromatic carbocycles. The number of esters is 1. The van der Waals surface area contributed by atoms with Gasteiger partial charge in [-0.3, -0.25) is 25.2 Å². The molecule has 2 N–H and O–H groups in total. The van der Waals surface area contributed by atoms with Crippen LogP contribution in [-0.2, 0) is 25.5 Å². The van der Waals surface area contributed by atoms with Gasteiger partial charge >= 0.3 is 5.97 Å². The number of rotatable bonds is 8. The molecule has 0 aromatic heterocycles. The highest BCUT2D eigenvalue weighted by Crippen LogP contribution is 2.34. The first-order valence-electron chi connectivity index (χ1n) is 9.58.